The Morgan fingerprint density at radius 1 is 1.21 bits per heavy atom. The number of hydrogen-bond donors (Lipinski definition) is 2. The highest BCUT2D eigenvalue weighted by Gasteiger charge is 2.13. The van der Waals surface area contributed by atoms with Crippen molar-refractivity contribution in [3.05, 3.63) is 57.6 Å². The lowest BCUT2D eigenvalue weighted by Gasteiger charge is -2.15. The van der Waals surface area contributed by atoms with E-state index in [9.17, 15) is 0 Å². The molecule has 1 aromatic heterocycles. The fourth-order valence-electron chi connectivity index (χ4n) is 1.73. The number of nitrogens with one attached hydrogen (secondary N) is 1. The first-order chi connectivity index (χ1) is 9.10. The minimum Gasteiger partial charge on any atom is -0.271 e. The molecule has 1 unspecified atom stereocenters. The molecular weight excluding hydrogens is 283 g/mol. The van der Waals surface area contributed by atoms with E-state index < -0.39 is 0 Å². The molecule has 0 spiro atoms. The van der Waals surface area contributed by atoms with Gasteiger partial charge in [-0.2, -0.15) is 0 Å². The lowest BCUT2D eigenvalue weighted by atomic mass is 10.0. The molecule has 0 saturated heterocycles. The normalized spacial score (nSPS) is 12.4. The quantitative estimate of drug-likeness (QED) is 0.673. The van der Waals surface area contributed by atoms with Crippen LogP contribution >= 0.6 is 23.2 Å². The van der Waals surface area contributed by atoms with Gasteiger partial charge in [-0.15, -0.1) is 0 Å². The largest absolute Gasteiger partial charge is 0.271 e. The fourth-order valence-corrected chi connectivity index (χ4v) is 2.05. The third-order valence-electron chi connectivity index (χ3n) is 2.78. The van der Waals surface area contributed by atoms with Gasteiger partial charge in [0.05, 0.1) is 33.7 Å². The van der Waals surface area contributed by atoms with Crippen molar-refractivity contribution in [1.82, 2.24) is 15.4 Å². The van der Waals surface area contributed by atoms with Gasteiger partial charge in [0.15, 0.2) is 0 Å². The molecule has 0 amide bonds. The number of nitrogens with two attached hydrogens (primary N) is 1. The maximum Gasteiger partial charge on any atom is 0.0773 e. The first-order valence-corrected chi connectivity index (χ1v) is 6.54. The summed E-state index contributed by atoms with van der Waals surface area (Å²) in [5, 5.41) is 1.07. The van der Waals surface area contributed by atoms with Crippen LogP contribution in [0.25, 0.3) is 0 Å². The van der Waals surface area contributed by atoms with Crippen molar-refractivity contribution in [3.63, 3.8) is 0 Å². The van der Waals surface area contributed by atoms with Crippen molar-refractivity contribution in [2.45, 2.75) is 19.4 Å². The van der Waals surface area contributed by atoms with Crippen molar-refractivity contribution >= 4 is 23.2 Å². The zero-order chi connectivity index (χ0) is 13.8. The summed E-state index contributed by atoms with van der Waals surface area (Å²) in [6.45, 7) is 1.89. The van der Waals surface area contributed by atoms with Crippen LogP contribution in [0.3, 0.4) is 0 Å². The van der Waals surface area contributed by atoms with Gasteiger partial charge < -0.3 is 0 Å². The van der Waals surface area contributed by atoms with Crippen LogP contribution < -0.4 is 11.3 Å². The van der Waals surface area contributed by atoms with Crippen LogP contribution in [0.15, 0.2) is 30.6 Å². The molecule has 0 fully saturated rings. The topological polar surface area (TPSA) is 63.8 Å². The summed E-state index contributed by atoms with van der Waals surface area (Å²) in [5.74, 6) is 5.58. The Labute approximate surface area is 121 Å². The maximum atomic E-state index is 6.00. The van der Waals surface area contributed by atoms with Gasteiger partial charge >= 0.3 is 0 Å². The predicted molar refractivity (Wildman–Crippen MR) is 77.0 cm³/mol. The molecule has 0 aliphatic carbocycles. The van der Waals surface area contributed by atoms with E-state index in [2.05, 4.69) is 15.4 Å². The molecule has 1 aromatic carbocycles. The summed E-state index contributed by atoms with van der Waals surface area (Å²) in [6.07, 6.45) is 4.09. The van der Waals surface area contributed by atoms with Gasteiger partial charge in [0, 0.05) is 6.20 Å². The summed E-state index contributed by atoms with van der Waals surface area (Å²) in [7, 11) is 0. The van der Waals surface area contributed by atoms with Gasteiger partial charge in [-0.3, -0.25) is 21.2 Å². The smallest absolute Gasteiger partial charge is 0.0773 e. The van der Waals surface area contributed by atoms with Crippen LogP contribution in [-0.2, 0) is 6.42 Å². The molecule has 1 heterocycles. The van der Waals surface area contributed by atoms with Crippen LogP contribution in [0.1, 0.15) is 23.0 Å². The Morgan fingerprint density at radius 3 is 2.58 bits per heavy atom. The van der Waals surface area contributed by atoms with E-state index in [1.807, 2.05) is 19.1 Å². The molecule has 100 valence electrons. The molecular formula is C13H14Cl2N4. The predicted octanol–water partition coefficient (Wildman–Crippen LogP) is 2.84. The zero-order valence-corrected chi connectivity index (χ0v) is 11.9. The first-order valence-electron chi connectivity index (χ1n) is 5.78. The van der Waals surface area contributed by atoms with Gasteiger partial charge in [-0.25, -0.2) is 0 Å². The van der Waals surface area contributed by atoms with Gasteiger partial charge in [0.1, 0.15) is 0 Å². The molecule has 0 bridgehead atoms. The van der Waals surface area contributed by atoms with Gasteiger partial charge in [0.25, 0.3) is 0 Å². The monoisotopic (exact) mass is 296 g/mol. The Balaban J connectivity index is 2.18. The van der Waals surface area contributed by atoms with Crippen molar-refractivity contribution in [1.29, 1.82) is 0 Å². The van der Waals surface area contributed by atoms with Gasteiger partial charge in [0.2, 0.25) is 0 Å². The molecule has 6 heteroatoms. The minimum absolute atomic E-state index is 0.120. The molecule has 0 radical (unpaired) electrons. The standard InChI is InChI=1S/C13H14Cl2N4/c1-8-6-18-13(7-17-8)12(19-16)5-9-2-3-10(14)11(15)4-9/h2-4,6-7,12,19H,5,16H2,1H3. The number of hydrazine groups is 1. The molecule has 1 atom stereocenters. The van der Waals surface area contributed by atoms with Crippen LogP contribution in [0.4, 0.5) is 0 Å². The van der Waals surface area contributed by atoms with E-state index in [0.717, 1.165) is 17.0 Å². The van der Waals surface area contributed by atoms with Gasteiger partial charge in [-0.05, 0) is 31.0 Å². The Kier molecular flexibility index (Phi) is 4.71. The number of halogens is 2. The maximum absolute atomic E-state index is 6.00. The second-order valence-electron chi connectivity index (χ2n) is 4.25. The number of benzene rings is 1. The van der Waals surface area contributed by atoms with E-state index in [1.54, 1.807) is 18.5 Å². The molecule has 0 aliphatic heterocycles. The number of aromatic nitrogens is 2. The fraction of sp³-hybridized carbons (Fsp3) is 0.231. The SMILES string of the molecule is Cc1cnc(C(Cc2ccc(Cl)c(Cl)c2)NN)cn1. The van der Waals surface area contributed by atoms with Crippen molar-refractivity contribution in [3.8, 4) is 0 Å². The second kappa shape index (κ2) is 6.30. The number of rotatable bonds is 4. The number of hydrogen-bond acceptors (Lipinski definition) is 4. The molecule has 4 nitrogen and oxygen atoms in total. The molecule has 19 heavy (non-hydrogen) atoms. The van der Waals surface area contributed by atoms with E-state index in [1.165, 1.54) is 0 Å². The highest BCUT2D eigenvalue weighted by Crippen LogP contribution is 2.25. The second-order valence-corrected chi connectivity index (χ2v) is 5.07. The molecule has 2 aromatic rings. The van der Waals surface area contributed by atoms with Crippen molar-refractivity contribution < 1.29 is 0 Å². The Morgan fingerprint density at radius 2 is 2.00 bits per heavy atom. The third kappa shape index (κ3) is 3.64. The Bertz CT molecular complexity index is 557. The summed E-state index contributed by atoms with van der Waals surface area (Å²) >= 11 is 11.9. The summed E-state index contributed by atoms with van der Waals surface area (Å²) in [5.41, 5.74) is 5.43. The van der Waals surface area contributed by atoms with Crippen LogP contribution in [-0.4, -0.2) is 9.97 Å². The molecule has 0 aliphatic rings. The molecule has 0 saturated carbocycles. The Hall–Kier alpha value is -1.20. The van der Waals surface area contributed by atoms with Crippen molar-refractivity contribution in [2.75, 3.05) is 0 Å². The van der Waals surface area contributed by atoms with Crippen LogP contribution in [0.5, 0.6) is 0 Å². The van der Waals surface area contributed by atoms with E-state index in [0.29, 0.717) is 16.5 Å². The highest BCUT2D eigenvalue weighted by atomic mass is 35.5. The van der Waals surface area contributed by atoms with Crippen molar-refractivity contribution in [2.24, 2.45) is 5.84 Å². The highest BCUT2D eigenvalue weighted by molar-refractivity contribution is 6.42. The van der Waals surface area contributed by atoms with E-state index in [-0.39, 0.29) is 6.04 Å². The third-order valence-corrected chi connectivity index (χ3v) is 3.52. The zero-order valence-electron chi connectivity index (χ0n) is 10.4. The lowest BCUT2D eigenvalue weighted by molar-refractivity contribution is 0.535. The average molecular weight is 297 g/mol. The summed E-state index contributed by atoms with van der Waals surface area (Å²) < 4.78 is 0. The number of aryl methyl sites for hydroxylation is 1. The summed E-state index contributed by atoms with van der Waals surface area (Å²) in [6, 6.07) is 5.40. The van der Waals surface area contributed by atoms with Crippen LogP contribution in [0.2, 0.25) is 10.0 Å². The average Bonchev–Trinajstić information content (AvgIpc) is 2.41. The minimum atomic E-state index is -0.120. The van der Waals surface area contributed by atoms with E-state index >= 15 is 0 Å². The van der Waals surface area contributed by atoms with Gasteiger partial charge in [-0.1, -0.05) is 29.3 Å². The summed E-state index contributed by atoms with van der Waals surface area (Å²) in [4.78, 5) is 8.54. The molecule has 3 N–H and O–H groups in total. The first kappa shape index (κ1) is 14.2. The number of nitrogens with zero attached hydrogens (tertiary/aromatic N) is 2. The lowest BCUT2D eigenvalue weighted by Crippen LogP contribution is -2.30. The molecule has 2 rings (SSSR count). The van der Waals surface area contributed by atoms with Crippen LogP contribution in [0, 0.1) is 6.92 Å². The van der Waals surface area contributed by atoms with E-state index in [4.69, 9.17) is 29.0 Å².